The molecule has 0 aliphatic rings. The Morgan fingerprint density at radius 2 is 1.69 bits per heavy atom. The number of fused-ring (bicyclic) bond motifs is 1. The number of hydrogen-bond donors (Lipinski definition) is 1. The van der Waals surface area contributed by atoms with Crippen molar-refractivity contribution in [3.63, 3.8) is 0 Å². The third-order valence-electron chi connectivity index (χ3n) is 4.00. The number of aromatic nitrogens is 3. The Morgan fingerprint density at radius 3 is 2.48 bits per heavy atom. The van der Waals surface area contributed by atoms with Crippen LogP contribution in [0.1, 0.15) is 16.8 Å². The third kappa shape index (κ3) is 4.95. The molecule has 0 saturated heterocycles. The monoisotopic (exact) mass is 401 g/mol. The first-order valence-electron chi connectivity index (χ1n) is 8.66. The van der Waals surface area contributed by atoms with E-state index in [1.165, 1.54) is 0 Å². The first kappa shape index (κ1) is 20.0. The maximum atomic E-state index is 8.36. The summed E-state index contributed by atoms with van der Waals surface area (Å²) in [5.41, 5.74) is 4.06. The average molecular weight is 402 g/mol. The lowest BCUT2D eigenvalue weighted by molar-refractivity contribution is -0.122. The van der Waals surface area contributed by atoms with Crippen LogP contribution in [-0.4, -0.2) is 26.5 Å². The van der Waals surface area contributed by atoms with Crippen LogP contribution in [0.15, 0.2) is 66.9 Å². The van der Waals surface area contributed by atoms with Gasteiger partial charge in [0.2, 0.25) is 0 Å². The first-order valence-corrected chi connectivity index (χ1v) is 9.04. The molecule has 29 heavy (non-hydrogen) atoms. The standard InChI is InChI=1S/C22H14ClN3.CH2O2/c1-15-10-12-21(22-24-14-17-7-3-5-9-20(17)26-22)25-19(15)13-11-16-6-2-4-8-18(16)23;2-1-3/h2-10,12,14H,1H3;1H,(H,2,3). The molecule has 142 valence electrons. The number of carboxylic acid groups (broad SMARTS) is 1. The van der Waals surface area contributed by atoms with Crippen molar-refractivity contribution in [1.29, 1.82) is 0 Å². The molecule has 4 rings (SSSR count). The van der Waals surface area contributed by atoms with E-state index in [0.717, 1.165) is 22.0 Å². The van der Waals surface area contributed by atoms with E-state index in [0.29, 0.717) is 22.2 Å². The Hall–Kier alpha value is -3.75. The number of hydrogen-bond acceptors (Lipinski definition) is 4. The fourth-order valence-electron chi connectivity index (χ4n) is 2.56. The molecule has 5 nitrogen and oxygen atoms in total. The van der Waals surface area contributed by atoms with Crippen LogP contribution >= 0.6 is 11.6 Å². The van der Waals surface area contributed by atoms with Crippen molar-refractivity contribution >= 4 is 29.0 Å². The predicted molar refractivity (Wildman–Crippen MR) is 114 cm³/mol. The summed E-state index contributed by atoms with van der Waals surface area (Å²) in [5, 5.41) is 8.52. The lowest BCUT2D eigenvalue weighted by atomic mass is 10.1. The maximum Gasteiger partial charge on any atom is 0.290 e. The molecule has 0 fully saturated rings. The van der Waals surface area contributed by atoms with E-state index in [-0.39, 0.29) is 6.47 Å². The third-order valence-corrected chi connectivity index (χ3v) is 4.33. The number of aryl methyl sites for hydroxylation is 1. The molecule has 0 spiro atoms. The summed E-state index contributed by atoms with van der Waals surface area (Å²) in [6, 6.07) is 19.3. The second-order valence-corrected chi connectivity index (χ2v) is 6.36. The highest BCUT2D eigenvalue weighted by Crippen LogP contribution is 2.19. The largest absolute Gasteiger partial charge is 0.483 e. The molecule has 0 bridgehead atoms. The van der Waals surface area contributed by atoms with Crippen molar-refractivity contribution < 1.29 is 9.90 Å². The zero-order valence-corrected chi connectivity index (χ0v) is 16.3. The van der Waals surface area contributed by atoms with Gasteiger partial charge in [0.15, 0.2) is 5.82 Å². The molecule has 2 aromatic carbocycles. The van der Waals surface area contributed by atoms with Crippen molar-refractivity contribution in [1.82, 2.24) is 15.0 Å². The molecule has 0 unspecified atom stereocenters. The highest BCUT2D eigenvalue weighted by molar-refractivity contribution is 6.31. The molecule has 0 saturated carbocycles. The van der Waals surface area contributed by atoms with Crippen molar-refractivity contribution in [3.05, 3.63) is 88.7 Å². The summed E-state index contributed by atoms with van der Waals surface area (Å²) in [7, 11) is 0. The number of carbonyl (C=O) groups is 1. The Labute approximate surface area is 173 Å². The summed E-state index contributed by atoms with van der Waals surface area (Å²) in [4.78, 5) is 22.1. The van der Waals surface area contributed by atoms with Gasteiger partial charge in [-0.25, -0.2) is 15.0 Å². The van der Waals surface area contributed by atoms with Gasteiger partial charge < -0.3 is 5.11 Å². The molecule has 6 heteroatoms. The zero-order valence-electron chi connectivity index (χ0n) is 15.5. The minimum atomic E-state index is -0.250. The summed E-state index contributed by atoms with van der Waals surface area (Å²) in [6.45, 7) is 1.73. The topological polar surface area (TPSA) is 76.0 Å². The van der Waals surface area contributed by atoms with Crippen LogP contribution in [0, 0.1) is 18.8 Å². The molecule has 0 aliphatic heterocycles. The molecule has 2 heterocycles. The predicted octanol–water partition coefficient (Wildman–Crippen LogP) is 4.75. The number of halogens is 1. The Morgan fingerprint density at radius 1 is 0.966 bits per heavy atom. The van der Waals surface area contributed by atoms with Crippen LogP contribution in [0.25, 0.3) is 22.4 Å². The molecular formula is C23H16ClN3O2. The van der Waals surface area contributed by atoms with Gasteiger partial charge in [-0.15, -0.1) is 0 Å². The van der Waals surface area contributed by atoms with Gasteiger partial charge in [-0.3, -0.25) is 4.79 Å². The second-order valence-electron chi connectivity index (χ2n) is 5.95. The normalized spacial score (nSPS) is 9.72. The number of benzene rings is 2. The van der Waals surface area contributed by atoms with Crippen LogP contribution in [0.5, 0.6) is 0 Å². The van der Waals surface area contributed by atoms with E-state index in [1.54, 1.807) is 0 Å². The van der Waals surface area contributed by atoms with E-state index in [2.05, 4.69) is 26.8 Å². The number of nitrogens with zero attached hydrogens (tertiary/aromatic N) is 3. The van der Waals surface area contributed by atoms with Gasteiger partial charge in [-0.2, -0.15) is 0 Å². The first-order chi connectivity index (χ1) is 14.1. The molecule has 4 aromatic rings. The van der Waals surface area contributed by atoms with Gasteiger partial charge >= 0.3 is 0 Å². The Bertz CT molecular complexity index is 1230. The Balaban J connectivity index is 0.000000755. The van der Waals surface area contributed by atoms with Crippen LogP contribution < -0.4 is 0 Å². The number of para-hydroxylation sites is 1. The average Bonchev–Trinajstić information content (AvgIpc) is 2.74. The second kappa shape index (κ2) is 9.45. The summed E-state index contributed by atoms with van der Waals surface area (Å²) >= 11 is 6.17. The number of rotatable bonds is 1. The van der Waals surface area contributed by atoms with Crippen molar-refractivity contribution in [2.24, 2.45) is 0 Å². The fraction of sp³-hybridized carbons (Fsp3) is 0.0435. The molecular weight excluding hydrogens is 386 g/mol. The van der Waals surface area contributed by atoms with E-state index < -0.39 is 0 Å². The Kier molecular flexibility index (Phi) is 6.51. The fourth-order valence-corrected chi connectivity index (χ4v) is 2.75. The molecule has 2 aromatic heterocycles. The molecule has 0 aliphatic carbocycles. The molecule has 0 radical (unpaired) electrons. The molecule has 1 N–H and O–H groups in total. The quantitative estimate of drug-likeness (QED) is 0.368. The lowest BCUT2D eigenvalue weighted by Gasteiger charge is -2.04. The van der Waals surface area contributed by atoms with Crippen LogP contribution in [-0.2, 0) is 4.79 Å². The highest BCUT2D eigenvalue weighted by Gasteiger charge is 2.07. The van der Waals surface area contributed by atoms with E-state index >= 15 is 0 Å². The van der Waals surface area contributed by atoms with Gasteiger partial charge in [0, 0.05) is 17.1 Å². The van der Waals surface area contributed by atoms with Crippen LogP contribution in [0.2, 0.25) is 5.02 Å². The number of pyridine rings is 1. The van der Waals surface area contributed by atoms with Crippen LogP contribution in [0.4, 0.5) is 0 Å². The summed E-state index contributed by atoms with van der Waals surface area (Å²) in [5.74, 6) is 6.80. The van der Waals surface area contributed by atoms with Gasteiger partial charge in [-0.05, 0) is 42.7 Å². The molecule has 0 amide bonds. The van der Waals surface area contributed by atoms with Gasteiger partial charge in [0.25, 0.3) is 6.47 Å². The van der Waals surface area contributed by atoms with Crippen LogP contribution in [0.3, 0.4) is 0 Å². The van der Waals surface area contributed by atoms with E-state index in [4.69, 9.17) is 21.5 Å². The smallest absolute Gasteiger partial charge is 0.290 e. The summed E-state index contributed by atoms with van der Waals surface area (Å²) in [6.07, 6.45) is 1.81. The summed E-state index contributed by atoms with van der Waals surface area (Å²) < 4.78 is 0. The minimum Gasteiger partial charge on any atom is -0.483 e. The van der Waals surface area contributed by atoms with Gasteiger partial charge in [0.1, 0.15) is 11.4 Å². The van der Waals surface area contributed by atoms with E-state index in [9.17, 15) is 0 Å². The molecule has 0 atom stereocenters. The van der Waals surface area contributed by atoms with Gasteiger partial charge in [-0.1, -0.05) is 53.9 Å². The van der Waals surface area contributed by atoms with Crippen molar-refractivity contribution in [2.75, 3.05) is 0 Å². The SMILES string of the molecule is Cc1ccc(-c2ncc3ccccc3n2)nc1C#Cc1ccccc1Cl.O=CO. The highest BCUT2D eigenvalue weighted by atomic mass is 35.5. The minimum absolute atomic E-state index is 0.250. The maximum absolute atomic E-state index is 8.36. The zero-order chi connectivity index (χ0) is 20.6. The van der Waals surface area contributed by atoms with E-state index in [1.807, 2.05) is 73.8 Å². The van der Waals surface area contributed by atoms with Crippen molar-refractivity contribution in [2.45, 2.75) is 6.92 Å². The lowest BCUT2D eigenvalue weighted by Crippen LogP contribution is -1.96. The van der Waals surface area contributed by atoms with Crippen molar-refractivity contribution in [3.8, 4) is 23.4 Å². The van der Waals surface area contributed by atoms with Gasteiger partial charge in [0.05, 0.1) is 10.5 Å².